The van der Waals surface area contributed by atoms with E-state index in [9.17, 15) is 15.3 Å². The molecule has 0 saturated heterocycles. The first kappa shape index (κ1) is 17.5. The fourth-order valence-electron chi connectivity index (χ4n) is 4.43. The molecule has 0 heterocycles. The van der Waals surface area contributed by atoms with Gasteiger partial charge in [-0.3, -0.25) is 0 Å². The molecule has 0 aliphatic heterocycles. The number of hydrogen-bond acceptors (Lipinski definition) is 3. The smallest absolute Gasteiger partial charge is 0.115 e. The van der Waals surface area contributed by atoms with E-state index in [0.29, 0.717) is 23.5 Å². The van der Waals surface area contributed by atoms with Gasteiger partial charge >= 0.3 is 0 Å². The summed E-state index contributed by atoms with van der Waals surface area (Å²) < 4.78 is 0. The minimum absolute atomic E-state index is 0.283. The fraction of sp³-hybridized carbons (Fsp3) is 0.250. The van der Waals surface area contributed by atoms with Crippen LogP contribution in [-0.2, 0) is 0 Å². The highest BCUT2D eigenvalue weighted by molar-refractivity contribution is 5.37. The third-order valence-electron chi connectivity index (χ3n) is 5.86. The van der Waals surface area contributed by atoms with Crippen LogP contribution in [0.1, 0.15) is 53.7 Å². The molecule has 4 rings (SSSR count). The van der Waals surface area contributed by atoms with Crippen LogP contribution >= 0.6 is 0 Å². The monoisotopic (exact) mass is 360 g/mol. The fourth-order valence-corrected chi connectivity index (χ4v) is 4.43. The van der Waals surface area contributed by atoms with E-state index in [1.807, 2.05) is 36.4 Å². The van der Waals surface area contributed by atoms with Crippen molar-refractivity contribution in [3.63, 3.8) is 0 Å². The van der Waals surface area contributed by atoms with E-state index in [0.717, 1.165) is 19.3 Å². The molecule has 0 radical (unpaired) electrons. The van der Waals surface area contributed by atoms with Crippen molar-refractivity contribution in [1.29, 1.82) is 0 Å². The van der Waals surface area contributed by atoms with Crippen LogP contribution in [0.15, 0.2) is 72.8 Å². The van der Waals surface area contributed by atoms with Gasteiger partial charge in [-0.15, -0.1) is 0 Å². The number of phenols is 3. The second kappa shape index (κ2) is 7.36. The number of aromatic hydroxyl groups is 3. The highest BCUT2D eigenvalue weighted by Crippen LogP contribution is 2.49. The van der Waals surface area contributed by atoms with Gasteiger partial charge in [-0.2, -0.15) is 0 Å². The average molecular weight is 360 g/mol. The van der Waals surface area contributed by atoms with E-state index >= 15 is 0 Å². The van der Waals surface area contributed by atoms with E-state index in [1.165, 1.54) is 16.7 Å². The van der Waals surface area contributed by atoms with Crippen LogP contribution in [0.25, 0.3) is 0 Å². The van der Waals surface area contributed by atoms with Gasteiger partial charge in [0.2, 0.25) is 0 Å². The Kier molecular flexibility index (Phi) is 4.76. The van der Waals surface area contributed by atoms with Crippen LogP contribution in [0, 0.1) is 0 Å². The van der Waals surface area contributed by atoms with Crippen molar-refractivity contribution in [2.45, 2.75) is 37.0 Å². The Morgan fingerprint density at radius 3 is 1.37 bits per heavy atom. The molecule has 0 aromatic heterocycles. The molecule has 3 heteroatoms. The maximum absolute atomic E-state index is 9.67. The Hall–Kier alpha value is -2.94. The van der Waals surface area contributed by atoms with Gasteiger partial charge in [0.15, 0.2) is 0 Å². The summed E-state index contributed by atoms with van der Waals surface area (Å²) in [6, 6.07) is 22.7. The van der Waals surface area contributed by atoms with Crippen molar-refractivity contribution in [3.8, 4) is 17.2 Å². The first-order chi connectivity index (χ1) is 13.1. The number of hydrogen-bond donors (Lipinski definition) is 3. The van der Waals surface area contributed by atoms with Crippen LogP contribution in [0.2, 0.25) is 0 Å². The average Bonchev–Trinajstić information content (AvgIpc) is 2.69. The first-order valence-electron chi connectivity index (χ1n) is 9.47. The predicted octanol–water partition coefficient (Wildman–Crippen LogP) is 5.64. The van der Waals surface area contributed by atoms with Crippen molar-refractivity contribution in [2.75, 3.05) is 0 Å². The highest BCUT2D eigenvalue weighted by Gasteiger charge is 2.33. The molecule has 3 unspecified atom stereocenters. The van der Waals surface area contributed by atoms with Gasteiger partial charge in [0.1, 0.15) is 17.2 Å². The predicted molar refractivity (Wildman–Crippen MR) is 106 cm³/mol. The van der Waals surface area contributed by atoms with Crippen LogP contribution in [0.4, 0.5) is 0 Å². The van der Waals surface area contributed by atoms with Crippen LogP contribution in [0.3, 0.4) is 0 Å². The summed E-state index contributed by atoms with van der Waals surface area (Å²) in [7, 11) is 0. The molecule has 3 N–H and O–H groups in total. The van der Waals surface area contributed by atoms with Gasteiger partial charge in [-0.1, -0.05) is 36.4 Å². The third-order valence-corrected chi connectivity index (χ3v) is 5.86. The number of rotatable bonds is 3. The lowest BCUT2D eigenvalue weighted by molar-refractivity contribution is 0.346. The van der Waals surface area contributed by atoms with E-state index in [1.54, 1.807) is 36.4 Å². The van der Waals surface area contributed by atoms with Gasteiger partial charge < -0.3 is 15.3 Å². The second-order valence-electron chi connectivity index (χ2n) is 7.50. The Morgan fingerprint density at radius 2 is 0.889 bits per heavy atom. The van der Waals surface area contributed by atoms with Gasteiger partial charge in [-0.05, 0) is 90.1 Å². The molecule has 0 spiro atoms. The highest BCUT2D eigenvalue weighted by atomic mass is 16.3. The molecule has 0 amide bonds. The largest absolute Gasteiger partial charge is 0.508 e. The standard InChI is InChI=1S/C24H24O3/c25-20-8-1-16(2-9-20)19-7-14-23(17-3-10-21(26)11-4-17)24(15-19)18-5-12-22(27)13-6-18/h1-6,8-13,19,23-27H,7,14-15H2. The molecular formula is C24H24O3. The van der Waals surface area contributed by atoms with E-state index in [-0.39, 0.29) is 11.5 Å². The lowest BCUT2D eigenvalue weighted by Gasteiger charge is -2.37. The zero-order chi connectivity index (χ0) is 18.8. The van der Waals surface area contributed by atoms with Crippen molar-refractivity contribution >= 4 is 0 Å². The van der Waals surface area contributed by atoms with Crippen molar-refractivity contribution in [2.24, 2.45) is 0 Å². The minimum Gasteiger partial charge on any atom is -0.508 e. The molecule has 1 aliphatic rings. The molecule has 1 aliphatic carbocycles. The van der Waals surface area contributed by atoms with Crippen LogP contribution < -0.4 is 0 Å². The van der Waals surface area contributed by atoms with E-state index in [2.05, 4.69) is 0 Å². The number of benzene rings is 3. The molecule has 138 valence electrons. The molecular weight excluding hydrogens is 336 g/mol. The molecule has 27 heavy (non-hydrogen) atoms. The minimum atomic E-state index is 0.283. The summed E-state index contributed by atoms with van der Waals surface area (Å²) in [4.78, 5) is 0. The summed E-state index contributed by atoms with van der Waals surface area (Å²) in [6.45, 7) is 0. The van der Waals surface area contributed by atoms with Crippen LogP contribution in [-0.4, -0.2) is 15.3 Å². The van der Waals surface area contributed by atoms with Gasteiger partial charge in [0.05, 0.1) is 0 Å². The summed E-state index contributed by atoms with van der Waals surface area (Å²) in [5, 5.41) is 28.9. The maximum atomic E-state index is 9.67. The summed E-state index contributed by atoms with van der Waals surface area (Å²) in [5.74, 6) is 2.03. The molecule has 3 atom stereocenters. The molecule has 3 aromatic carbocycles. The SMILES string of the molecule is Oc1ccc(C2CCC(c3ccc(O)cc3)C(c3ccc(O)cc3)C2)cc1. The Morgan fingerprint density at radius 1 is 0.481 bits per heavy atom. The second-order valence-corrected chi connectivity index (χ2v) is 7.50. The Balaban J connectivity index is 1.66. The molecule has 1 saturated carbocycles. The maximum Gasteiger partial charge on any atom is 0.115 e. The molecule has 1 fully saturated rings. The third kappa shape index (κ3) is 3.77. The molecule has 3 nitrogen and oxygen atoms in total. The van der Waals surface area contributed by atoms with Crippen molar-refractivity contribution in [3.05, 3.63) is 89.5 Å². The topological polar surface area (TPSA) is 60.7 Å². The van der Waals surface area contributed by atoms with Gasteiger partial charge in [-0.25, -0.2) is 0 Å². The summed E-state index contributed by atoms with van der Waals surface area (Å²) in [5.41, 5.74) is 3.74. The van der Waals surface area contributed by atoms with Gasteiger partial charge in [0.25, 0.3) is 0 Å². The van der Waals surface area contributed by atoms with E-state index < -0.39 is 0 Å². The zero-order valence-corrected chi connectivity index (χ0v) is 15.1. The summed E-state index contributed by atoms with van der Waals surface area (Å²) in [6.07, 6.45) is 3.16. The van der Waals surface area contributed by atoms with E-state index in [4.69, 9.17) is 0 Å². The first-order valence-corrected chi connectivity index (χ1v) is 9.47. The quantitative estimate of drug-likeness (QED) is 0.566. The Bertz CT molecular complexity index is 882. The number of phenolic OH excluding ortho intramolecular Hbond substituents is 3. The van der Waals surface area contributed by atoms with Crippen LogP contribution in [0.5, 0.6) is 17.2 Å². The Labute approximate surface area is 159 Å². The molecule has 0 bridgehead atoms. The molecule has 3 aromatic rings. The lowest BCUT2D eigenvalue weighted by Crippen LogP contribution is -2.21. The lowest BCUT2D eigenvalue weighted by atomic mass is 9.67. The van der Waals surface area contributed by atoms with Crippen molar-refractivity contribution < 1.29 is 15.3 Å². The normalized spacial score (nSPS) is 22.4. The summed E-state index contributed by atoms with van der Waals surface area (Å²) >= 11 is 0. The van der Waals surface area contributed by atoms with Crippen molar-refractivity contribution in [1.82, 2.24) is 0 Å². The zero-order valence-electron chi connectivity index (χ0n) is 15.1. The van der Waals surface area contributed by atoms with Gasteiger partial charge in [0, 0.05) is 0 Å².